The number of esters is 1. The first kappa shape index (κ1) is 31.0. The number of carbonyl (C=O) groups excluding carboxylic acids is 3. The average molecular weight is 605 g/mol. The summed E-state index contributed by atoms with van der Waals surface area (Å²) >= 11 is 0. The fourth-order valence-electron chi connectivity index (χ4n) is 3.87. The van der Waals surface area contributed by atoms with Crippen molar-refractivity contribution in [3.8, 4) is 17.2 Å². The van der Waals surface area contributed by atoms with Gasteiger partial charge < -0.3 is 34.5 Å². The number of carbonyl (C=O) groups is 4. The maximum Gasteiger partial charge on any atom is 0.415 e. The van der Waals surface area contributed by atoms with E-state index in [9.17, 15) is 33.8 Å². The van der Waals surface area contributed by atoms with Gasteiger partial charge in [0.15, 0.2) is 18.3 Å². The van der Waals surface area contributed by atoms with Crippen LogP contribution in [0.4, 0.5) is 9.18 Å². The zero-order valence-corrected chi connectivity index (χ0v) is 23.3. The lowest BCUT2D eigenvalue weighted by Gasteiger charge is -2.16. The third kappa shape index (κ3) is 7.27. The summed E-state index contributed by atoms with van der Waals surface area (Å²) in [6.07, 6.45) is 3.14. The third-order valence-electron chi connectivity index (χ3n) is 6.05. The van der Waals surface area contributed by atoms with Crippen molar-refractivity contribution < 1.29 is 52.7 Å². The molecule has 1 aliphatic heterocycles. The molecule has 3 aromatic rings. The first-order chi connectivity index (χ1) is 21.1. The van der Waals surface area contributed by atoms with Gasteiger partial charge in [0.1, 0.15) is 28.8 Å². The van der Waals surface area contributed by atoms with Crippen LogP contribution in [0, 0.1) is 5.82 Å². The number of carboxylic acid groups (broad SMARTS) is 1. The predicted octanol–water partition coefficient (Wildman–Crippen LogP) is 4.57. The molecule has 1 aliphatic rings. The van der Waals surface area contributed by atoms with Crippen LogP contribution < -0.4 is 14.8 Å². The van der Waals surface area contributed by atoms with Gasteiger partial charge in [-0.15, -0.1) is 0 Å². The van der Waals surface area contributed by atoms with Crippen molar-refractivity contribution in [1.29, 1.82) is 0 Å². The molecule has 3 aromatic carbocycles. The van der Waals surface area contributed by atoms with Crippen LogP contribution in [0.25, 0.3) is 0 Å². The molecule has 0 unspecified atom stereocenters. The summed E-state index contributed by atoms with van der Waals surface area (Å²) in [5.41, 5.74) is -0.297. The number of phenols is 1. The van der Waals surface area contributed by atoms with Crippen molar-refractivity contribution in [2.24, 2.45) is 0 Å². The van der Waals surface area contributed by atoms with E-state index in [1.807, 2.05) is 0 Å². The lowest BCUT2D eigenvalue weighted by Crippen LogP contribution is -2.28. The second kappa shape index (κ2) is 13.8. The van der Waals surface area contributed by atoms with Crippen LogP contribution >= 0.6 is 0 Å². The molecule has 0 aliphatic carbocycles. The molecule has 0 spiro atoms. The Morgan fingerprint density at radius 2 is 1.66 bits per heavy atom. The Morgan fingerprint density at radius 3 is 2.34 bits per heavy atom. The van der Waals surface area contributed by atoms with Gasteiger partial charge in [-0.25, -0.2) is 14.0 Å². The normalized spacial score (nSPS) is 12.4. The molecule has 0 aromatic heterocycles. The predicted molar refractivity (Wildman–Crippen MR) is 151 cm³/mol. The van der Waals surface area contributed by atoms with Gasteiger partial charge in [0.05, 0.1) is 23.8 Å². The van der Waals surface area contributed by atoms with Crippen LogP contribution in [0.15, 0.2) is 96.7 Å². The molecule has 0 saturated carbocycles. The quantitative estimate of drug-likeness (QED) is 0.170. The minimum atomic E-state index is -1.42. The van der Waals surface area contributed by atoms with E-state index in [1.165, 1.54) is 56.7 Å². The summed E-state index contributed by atoms with van der Waals surface area (Å²) in [7, 11) is 2.89. The summed E-state index contributed by atoms with van der Waals surface area (Å²) < 4.78 is 34.8. The summed E-state index contributed by atoms with van der Waals surface area (Å²) in [6, 6.07) is 12.9. The number of nitrogens with zero attached hydrogens (tertiary/aromatic N) is 1. The fraction of sp³-hybridized carbons (Fsp3) is 0.0968. The van der Waals surface area contributed by atoms with Gasteiger partial charge in [0.25, 0.3) is 5.91 Å². The number of aromatic hydroxyl groups is 1. The molecular weight excluding hydrogens is 579 g/mol. The number of rotatable bonds is 10. The van der Waals surface area contributed by atoms with Gasteiger partial charge in [-0.1, -0.05) is 12.1 Å². The van der Waals surface area contributed by atoms with Crippen molar-refractivity contribution in [2.45, 2.75) is 0 Å². The van der Waals surface area contributed by atoms with Gasteiger partial charge in [0.2, 0.25) is 0 Å². The number of halogens is 1. The number of amides is 2. The molecule has 0 bridgehead atoms. The minimum absolute atomic E-state index is 0.0146. The van der Waals surface area contributed by atoms with Gasteiger partial charge in [-0.05, 0) is 60.7 Å². The SMILES string of the molecule is COCOc1ccc(OC)cc1C(=O)c1ccc(C(=O)OC2=CC=CN(C(=O)O)C=C2NC(=O)c2cc(F)ccc2O)cc1. The van der Waals surface area contributed by atoms with Crippen LogP contribution in [0.1, 0.15) is 36.6 Å². The lowest BCUT2D eigenvalue weighted by atomic mass is 10.0. The van der Waals surface area contributed by atoms with Crippen LogP contribution in [-0.4, -0.2) is 59.9 Å². The van der Waals surface area contributed by atoms with E-state index in [-0.39, 0.29) is 40.7 Å². The third-order valence-corrected chi connectivity index (χ3v) is 6.05. The first-order valence-electron chi connectivity index (χ1n) is 12.7. The summed E-state index contributed by atoms with van der Waals surface area (Å²) in [6.45, 7) is -0.0903. The molecule has 1 heterocycles. The maximum atomic E-state index is 13.7. The Balaban J connectivity index is 1.56. The number of methoxy groups -OCH3 is 2. The number of phenolic OH excluding ortho intramolecular Hbond substituents is 1. The van der Waals surface area contributed by atoms with E-state index < -0.39 is 40.9 Å². The Kier molecular flexibility index (Phi) is 9.73. The van der Waals surface area contributed by atoms with E-state index in [2.05, 4.69) is 5.32 Å². The highest BCUT2D eigenvalue weighted by Gasteiger charge is 2.23. The van der Waals surface area contributed by atoms with E-state index in [4.69, 9.17) is 18.9 Å². The van der Waals surface area contributed by atoms with Gasteiger partial charge in [-0.2, -0.15) is 0 Å². The Hall–Kier alpha value is -5.95. The monoisotopic (exact) mass is 604 g/mol. The molecule has 4 rings (SSSR count). The summed E-state index contributed by atoms with van der Waals surface area (Å²) in [5, 5.41) is 21.8. The van der Waals surface area contributed by atoms with Crippen LogP contribution in [0.2, 0.25) is 0 Å². The number of benzene rings is 3. The van der Waals surface area contributed by atoms with E-state index >= 15 is 0 Å². The second-order valence-electron chi connectivity index (χ2n) is 8.93. The molecule has 44 heavy (non-hydrogen) atoms. The minimum Gasteiger partial charge on any atom is -0.507 e. The molecule has 3 N–H and O–H groups in total. The molecule has 0 saturated heterocycles. The van der Waals surface area contributed by atoms with Crippen molar-refractivity contribution in [1.82, 2.24) is 10.2 Å². The summed E-state index contributed by atoms with van der Waals surface area (Å²) in [4.78, 5) is 51.5. The number of ether oxygens (including phenoxy) is 4. The Morgan fingerprint density at radius 1 is 0.932 bits per heavy atom. The van der Waals surface area contributed by atoms with Crippen LogP contribution in [0.5, 0.6) is 17.2 Å². The van der Waals surface area contributed by atoms with Gasteiger partial charge >= 0.3 is 12.1 Å². The van der Waals surface area contributed by atoms with Crippen molar-refractivity contribution in [2.75, 3.05) is 21.0 Å². The molecule has 0 fully saturated rings. The van der Waals surface area contributed by atoms with Crippen LogP contribution in [-0.2, 0) is 9.47 Å². The number of ketones is 1. The van der Waals surface area contributed by atoms with Gasteiger partial charge in [-0.3, -0.25) is 14.5 Å². The van der Waals surface area contributed by atoms with E-state index in [0.717, 1.165) is 30.6 Å². The Labute approximate surface area is 249 Å². The van der Waals surface area contributed by atoms with Crippen LogP contribution in [0.3, 0.4) is 0 Å². The molecule has 0 radical (unpaired) electrons. The topological polar surface area (TPSA) is 161 Å². The zero-order valence-electron chi connectivity index (χ0n) is 23.3. The van der Waals surface area contributed by atoms with E-state index in [1.54, 1.807) is 12.1 Å². The largest absolute Gasteiger partial charge is 0.507 e. The molecule has 12 nitrogen and oxygen atoms in total. The smallest absolute Gasteiger partial charge is 0.415 e. The molecule has 2 amide bonds. The summed E-state index contributed by atoms with van der Waals surface area (Å²) in [5.74, 6) is -3.25. The molecule has 0 atom stereocenters. The fourth-order valence-corrected chi connectivity index (χ4v) is 3.87. The van der Waals surface area contributed by atoms with Crippen molar-refractivity contribution in [3.05, 3.63) is 125 Å². The standard InChI is InChI=1S/C31H25FN2O10/c1-41-17-43-26-12-10-21(42-2)15-23(26)28(36)18-5-7-19(8-6-18)30(38)44-27-4-3-13-34(31(39)40)16-24(27)33-29(37)22-14-20(32)9-11-25(22)35/h3-16,35H,17H2,1-2H3,(H,33,37)(H,39,40). The highest BCUT2D eigenvalue weighted by Crippen LogP contribution is 2.27. The Bertz CT molecular complexity index is 1700. The molecule has 226 valence electrons. The number of allylic oxidation sites excluding steroid dienone is 2. The average Bonchev–Trinajstić information content (AvgIpc) is 3.22. The first-order valence-corrected chi connectivity index (χ1v) is 12.7. The van der Waals surface area contributed by atoms with Crippen molar-refractivity contribution >= 4 is 23.8 Å². The lowest BCUT2D eigenvalue weighted by molar-refractivity contribution is 0.0502. The number of hydrogen-bond acceptors (Lipinski definition) is 9. The molecular formula is C31H25FN2O10. The number of hydrogen-bond donors (Lipinski definition) is 3. The van der Waals surface area contributed by atoms with E-state index in [0.29, 0.717) is 10.6 Å². The highest BCUT2D eigenvalue weighted by atomic mass is 19.1. The maximum absolute atomic E-state index is 13.7. The zero-order chi connectivity index (χ0) is 31.8. The van der Waals surface area contributed by atoms with Crippen molar-refractivity contribution in [3.63, 3.8) is 0 Å². The molecule has 13 heteroatoms. The van der Waals surface area contributed by atoms with Gasteiger partial charge in [0, 0.05) is 25.1 Å². The number of nitrogens with one attached hydrogen (secondary N) is 1. The highest BCUT2D eigenvalue weighted by molar-refractivity contribution is 6.11. The second-order valence-corrected chi connectivity index (χ2v) is 8.93.